The highest BCUT2D eigenvalue weighted by atomic mass is 16.5. The maximum absolute atomic E-state index is 5.41. The predicted octanol–water partition coefficient (Wildman–Crippen LogP) is 2.29. The van der Waals surface area contributed by atoms with Gasteiger partial charge in [-0.25, -0.2) is 0 Å². The molecule has 16 heavy (non-hydrogen) atoms. The van der Waals surface area contributed by atoms with Gasteiger partial charge >= 0.3 is 0 Å². The van der Waals surface area contributed by atoms with Crippen LogP contribution in [-0.2, 0) is 0 Å². The first-order chi connectivity index (χ1) is 7.86. The molecule has 81 valence electrons. The van der Waals surface area contributed by atoms with E-state index in [2.05, 4.69) is 17.9 Å². The molecule has 0 N–H and O–H groups in total. The number of terminal acetylenes is 2. The van der Waals surface area contributed by atoms with Crippen LogP contribution in [0.15, 0.2) is 18.2 Å². The highest BCUT2D eigenvalue weighted by Crippen LogP contribution is 2.18. The molecule has 1 aromatic rings. The number of rotatable bonds is 6. The lowest BCUT2D eigenvalue weighted by Crippen LogP contribution is -1.98. The molecule has 0 aliphatic heterocycles. The van der Waals surface area contributed by atoms with Crippen molar-refractivity contribution in [1.82, 2.24) is 0 Å². The monoisotopic (exact) mass is 213 g/mol. The largest absolute Gasteiger partial charge is 0.492 e. The standard InChI is InChI=1S/C14H13O2/c1-3-5-10-15-13-8-7-9-14(12-13)16-11-6-4-2/h1-2,7-8,12H,5-6,10-11H2. The molecule has 0 atom stereocenters. The summed E-state index contributed by atoms with van der Waals surface area (Å²) in [4.78, 5) is 0. The van der Waals surface area contributed by atoms with Crippen molar-refractivity contribution in [1.29, 1.82) is 0 Å². The second kappa shape index (κ2) is 7.26. The predicted molar refractivity (Wildman–Crippen MR) is 63.2 cm³/mol. The Labute approximate surface area is 96.6 Å². The Morgan fingerprint density at radius 1 is 1.12 bits per heavy atom. The third-order valence-corrected chi connectivity index (χ3v) is 1.77. The summed E-state index contributed by atoms with van der Waals surface area (Å²) >= 11 is 0. The molecule has 0 heterocycles. The maximum Gasteiger partial charge on any atom is 0.130 e. The lowest BCUT2D eigenvalue weighted by atomic mass is 10.3. The average Bonchev–Trinajstić information content (AvgIpc) is 2.30. The first-order valence-corrected chi connectivity index (χ1v) is 5.01. The van der Waals surface area contributed by atoms with E-state index in [9.17, 15) is 0 Å². The van der Waals surface area contributed by atoms with Crippen molar-refractivity contribution >= 4 is 0 Å². The quantitative estimate of drug-likeness (QED) is 0.533. The SMILES string of the molecule is C#CCCOc1[c]ccc(OCCC#C)c1. The molecule has 0 amide bonds. The number of hydrogen-bond acceptors (Lipinski definition) is 2. The molecule has 1 rings (SSSR count). The Balaban J connectivity index is 2.45. The third-order valence-electron chi connectivity index (χ3n) is 1.77. The van der Waals surface area contributed by atoms with Gasteiger partial charge in [-0.1, -0.05) is 0 Å². The first-order valence-electron chi connectivity index (χ1n) is 5.01. The summed E-state index contributed by atoms with van der Waals surface area (Å²) in [5, 5.41) is 0. The molecule has 0 unspecified atom stereocenters. The molecule has 0 saturated carbocycles. The fourth-order valence-corrected chi connectivity index (χ4v) is 1.05. The molecule has 0 aliphatic rings. The Kier molecular flexibility index (Phi) is 5.45. The van der Waals surface area contributed by atoms with Crippen molar-refractivity contribution in [2.75, 3.05) is 13.2 Å². The van der Waals surface area contributed by atoms with E-state index >= 15 is 0 Å². The molecular formula is C14H13O2. The Hall–Kier alpha value is -2.06. The summed E-state index contributed by atoms with van der Waals surface area (Å²) in [7, 11) is 0. The van der Waals surface area contributed by atoms with Crippen LogP contribution in [0.3, 0.4) is 0 Å². The van der Waals surface area contributed by atoms with E-state index in [1.54, 1.807) is 12.1 Å². The number of ether oxygens (including phenoxy) is 2. The van der Waals surface area contributed by atoms with Gasteiger partial charge in [0.05, 0.1) is 13.2 Å². The second-order valence-corrected chi connectivity index (χ2v) is 2.99. The third kappa shape index (κ3) is 4.44. The molecule has 0 fully saturated rings. The summed E-state index contributed by atoms with van der Waals surface area (Å²) in [6, 6.07) is 8.27. The van der Waals surface area contributed by atoms with Crippen LogP contribution in [0.4, 0.5) is 0 Å². The van der Waals surface area contributed by atoms with Gasteiger partial charge < -0.3 is 9.47 Å². The van der Waals surface area contributed by atoms with E-state index in [0.717, 1.165) is 5.75 Å². The molecule has 2 nitrogen and oxygen atoms in total. The van der Waals surface area contributed by atoms with E-state index in [1.165, 1.54) is 0 Å². The summed E-state index contributed by atoms with van der Waals surface area (Å²) in [6.07, 6.45) is 11.4. The highest BCUT2D eigenvalue weighted by molar-refractivity contribution is 5.31. The molecule has 0 aliphatic carbocycles. The van der Waals surface area contributed by atoms with Crippen molar-refractivity contribution in [3.63, 3.8) is 0 Å². The molecule has 1 radical (unpaired) electrons. The lowest BCUT2D eigenvalue weighted by molar-refractivity contribution is 0.310. The van der Waals surface area contributed by atoms with Gasteiger partial charge in [-0.15, -0.1) is 24.7 Å². The van der Waals surface area contributed by atoms with Gasteiger partial charge in [0.15, 0.2) is 0 Å². The van der Waals surface area contributed by atoms with Gasteiger partial charge in [-0.3, -0.25) is 0 Å². The van der Waals surface area contributed by atoms with Crippen molar-refractivity contribution in [3.8, 4) is 36.2 Å². The molecule has 0 spiro atoms. The first kappa shape index (κ1) is 12.0. The van der Waals surface area contributed by atoms with E-state index in [0.29, 0.717) is 31.8 Å². The van der Waals surface area contributed by atoms with Crippen LogP contribution in [-0.4, -0.2) is 13.2 Å². The van der Waals surface area contributed by atoms with Crippen LogP contribution in [0.5, 0.6) is 11.5 Å². The second-order valence-electron chi connectivity index (χ2n) is 2.99. The smallest absolute Gasteiger partial charge is 0.130 e. The zero-order valence-corrected chi connectivity index (χ0v) is 9.03. The van der Waals surface area contributed by atoms with Gasteiger partial charge in [0, 0.05) is 25.0 Å². The van der Waals surface area contributed by atoms with Gasteiger partial charge in [0.25, 0.3) is 0 Å². The fourth-order valence-electron chi connectivity index (χ4n) is 1.05. The minimum absolute atomic E-state index is 0.487. The molecule has 0 saturated heterocycles. The van der Waals surface area contributed by atoms with Crippen LogP contribution < -0.4 is 9.47 Å². The zero-order chi connectivity index (χ0) is 11.6. The Bertz CT molecular complexity index is 361. The highest BCUT2D eigenvalue weighted by Gasteiger charge is 1.97. The van der Waals surface area contributed by atoms with Crippen molar-refractivity contribution < 1.29 is 9.47 Å². The normalized spacial score (nSPS) is 8.88. The summed E-state index contributed by atoms with van der Waals surface area (Å²) in [5.41, 5.74) is 0. The number of hydrogen-bond donors (Lipinski definition) is 0. The summed E-state index contributed by atoms with van der Waals surface area (Å²) < 4.78 is 10.8. The van der Waals surface area contributed by atoms with Crippen LogP contribution in [0.2, 0.25) is 0 Å². The summed E-state index contributed by atoms with van der Waals surface area (Å²) in [6.45, 7) is 0.991. The van der Waals surface area contributed by atoms with E-state index in [-0.39, 0.29) is 0 Å². The average molecular weight is 213 g/mol. The van der Waals surface area contributed by atoms with E-state index < -0.39 is 0 Å². The van der Waals surface area contributed by atoms with Gasteiger partial charge in [-0.2, -0.15) is 0 Å². The zero-order valence-electron chi connectivity index (χ0n) is 9.03. The minimum atomic E-state index is 0.487. The number of benzene rings is 1. The Morgan fingerprint density at radius 2 is 1.81 bits per heavy atom. The topological polar surface area (TPSA) is 18.5 Å². The van der Waals surface area contributed by atoms with Crippen molar-refractivity contribution in [2.45, 2.75) is 12.8 Å². The van der Waals surface area contributed by atoms with Gasteiger partial charge in [-0.05, 0) is 12.1 Å². The van der Waals surface area contributed by atoms with Gasteiger partial charge in [0.1, 0.15) is 11.5 Å². The maximum atomic E-state index is 5.41. The fraction of sp³-hybridized carbons (Fsp3) is 0.286. The van der Waals surface area contributed by atoms with Crippen molar-refractivity contribution in [3.05, 3.63) is 24.3 Å². The van der Waals surface area contributed by atoms with E-state index in [4.69, 9.17) is 22.3 Å². The van der Waals surface area contributed by atoms with E-state index in [1.807, 2.05) is 6.07 Å². The Morgan fingerprint density at radius 3 is 2.50 bits per heavy atom. The van der Waals surface area contributed by atoms with Crippen LogP contribution in [0.25, 0.3) is 0 Å². The molecule has 2 heteroatoms. The lowest BCUT2D eigenvalue weighted by Gasteiger charge is -2.07. The van der Waals surface area contributed by atoms with Crippen LogP contribution >= 0.6 is 0 Å². The molecule has 0 aromatic heterocycles. The molecule has 0 bridgehead atoms. The van der Waals surface area contributed by atoms with Crippen LogP contribution in [0.1, 0.15) is 12.8 Å². The summed E-state index contributed by atoms with van der Waals surface area (Å²) in [5.74, 6) is 6.37. The molecule has 1 aromatic carbocycles. The van der Waals surface area contributed by atoms with Crippen LogP contribution in [0, 0.1) is 30.8 Å². The minimum Gasteiger partial charge on any atom is -0.492 e. The van der Waals surface area contributed by atoms with Gasteiger partial charge in [0.2, 0.25) is 0 Å². The molecular weight excluding hydrogens is 200 g/mol. The van der Waals surface area contributed by atoms with Crippen molar-refractivity contribution in [2.24, 2.45) is 0 Å².